The van der Waals surface area contributed by atoms with Crippen molar-refractivity contribution in [1.29, 1.82) is 0 Å². The van der Waals surface area contributed by atoms with E-state index in [1.54, 1.807) is 0 Å². The van der Waals surface area contributed by atoms with Crippen LogP contribution in [0.2, 0.25) is 0 Å². The summed E-state index contributed by atoms with van der Waals surface area (Å²) in [6.07, 6.45) is -14.2. The minimum Gasteiger partial charge on any atom is -0.463 e. The first-order valence-electron chi connectivity index (χ1n) is 17.1. The number of nitrogens with one attached hydrogen (secondary N) is 2. The van der Waals surface area contributed by atoms with Crippen LogP contribution < -0.4 is 10.7 Å². The Bertz CT molecular complexity index is 1640. The van der Waals surface area contributed by atoms with Gasteiger partial charge in [-0.3, -0.25) is 39.0 Å². The Morgan fingerprint density at radius 3 is 1.57 bits per heavy atom. The fourth-order valence-corrected chi connectivity index (χ4v) is 5.78. The number of carbonyl (C=O) groups is 7. The van der Waals surface area contributed by atoms with Crippen LogP contribution in [0.15, 0.2) is 29.4 Å². The molecular weight excluding hydrogens is 766 g/mol. The average molecular weight is 812 g/mol. The Kier molecular flexibility index (Phi) is 17.1. The number of hydrogen-bond donors (Lipinski definition) is 2. The van der Waals surface area contributed by atoms with Gasteiger partial charge in [-0.25, -0.2) is 0 Å². The summed E-state index contributed by atoms with van der Waals surface area (Å²) in [7, 11) is 0. The van der Waals surface area contributed by atoms with Crippen molar-refractivity contribution in [2.75, 3.05) is 13.2 Å². The smallest absolute Gasteiger partial charge is 0.303 e. The minimum atomic E-state index is -1.82. The molecule has 0 spiro atoms. The Labute approximate surface area is 327 Å². The summed E-state index contributed by atoms with van der Waals surface area (Å²) in [5, 5.41) is 6.76. The Hall–Kier alpha value is -5.25. The maximum atomic E-state index is 12.6. The van der Waals surface area contributed by atoms with Crippen molar-refractivity contribution in [2.45, 2.75) is 117 Å². The monoisotopic (exact) mass is 811 g/mol. The lowest BCUT2D eigenvalue weighted by Crippen LogP contribution is -2.69. The number of carbonyl (C=O) groups excluding carboxylic acids is 7. The van der Waals surface area contributed by atoms with E-state index in [1.165, 1.54) is 6.21 Å². The number of aryl methyl sites for hydroxylation is 1. The van der Waals surface area contributed by atoms with Crippen molar-refractivity contribution in [3.05, 3.63) is 35.4 Å². The molecule has 0 unspecified atom stereocenters. The van der Waals surface area contributed by atoms with E-state index in [2.05, 4.69) is 15.8 Å². The lowest BCUT2D eigenvalue weighted by atomic mass is 9.95. The van der Waals surface area contributed by atoms with Crippen molar-refractivity contribution < 1.29 is 80.9 Å². The summed E-state index contributed by atoms with van der Waals surface area (Å²) in [4.78, 5) is 86.0. The van der Waals surface area contributed by atoms with Gasteiger partial charge in [0.05, 0.1) is 6.21 Å². The van der Waals surface area contributed by atoms with Crippen LogP contribution in [-0.4, -0.2) is 128 Å². The first-order chi connectivity index (χ1) is 26.3. The number of rotatable bonds is 14. The van der Waals surface area contributed by atoms with Crippen molar-refractivity contribution in [3.8, 4) is 0 Å². The molecule has 2 fully saturated rings. The number of esters is 7. The van der Waals surface area contributed by atoms with Gasteiger partial charge in [-0.15, -0.1) is 0 Å². The molecule has 56 heavy (non-hydrogen) atoms. The molecule has 2 N–H and O–H groups in total. The third-order valence-corrected chi connectivity index (χ3v) is 7.87. The summed E-state index contributed by atoms with van der Waals surface area (Å²) >= 11 is 5.41. The highest BCUT2D eigenvalue weighted by Crippen LogP contribution is 2.35. The van der Waals surface area contributed by atoms with E-state index < -0.39 is 116 Å². The molecule has 0 radical (unpaired) electrons. The average Bonchev–Trinajstić information content (AvgIpc) is 3.08. The summed E-state index contributed by atoms with van der Waals surface area (Å²) in [5.74, 6) is -5.95. The first kappa shape index (κ1) is 45.1. The van der Waals surface area contributed by atoms with Gasteiger partial charge in [0.25, 0.3) is 0 Å². The lowest BCUT2D eigenvalue weighted by Gasteiger charge is -2.49. The molecule has 0 amide bonds. The van der Waals surface area contributed by atoms with E-state index >= 15 is 0 Å². The molecule has 3 rings (SSSR count). The van der Waals surface area contributed by atoms with Gasteiger partial charge in [0.2, 0.25) is 0 Å². The lowest BCUT2D eigenvalue weighted by molar-refractivity contribution is -0.345. The Morgan fingerprint density at radius 2 is 1.07 bits per heavy atom. The molecule has 0 aromatic heterocycles. The molecule has 0 aliphatic carbocycles. The maximum Gasteiger partial charge on any atom is 0.303 e. The molecule has 0 saturated carbocycles. The largest absolute Gasteiger partial charge is 0.463 e. The van der Waals surface area contributed by atoms with E-state index in [0.717, 1.165) is 59.6 Å². The van der Waals surface area contributed by atoms with Gasteiger partial charge in [-0.05, 0) is 24.7 Å². The summed E-state index contributed by atoms with van der Waals surface area (Å²) < 4.78 is 56.6. The molecule has 2 heterocycles. The molecule has 21 heteroatoms. The van der Waals surface area contributed by atoms with Gasteiger partial charge in [-0.1, -0.05) is 29.8 Å². The molecule has 20 nitrogen and oxygen atoms in total. The quantitative estimate of drug-likeness (QED) is 0.0849. The Morgan fingerprint density at radius 1 is 0.625 bits per heavy atom. The Balaban J connectivity index is 2.09. The van der Waals surface area contributed by atoms with E-state index in [-0.39, 0.29) is 5.11 Å². The van der Waals surface area contributed by atoms with Crippen LogP contribution in [0.3, 0.4) is 0 Å². The SMILES string of the molecule is CC(=O)OC[C@H]1O[C@@H](O[C@H]2[C@H](OC(C)=O)[C@@H](OC(C)=O)[C@H](NC(=S)N/N=C/c3ccc(C)cc3)O[C@@H]2COC(C)=O)[C@H](OC(C)=O)[C@@H](OC(C)=O)[C@H]1OC(C)=O. The number of ether oxygens (including phenoxy) is 10. The van der Waals surface area contributed by atoms with E-state index in [0.29, 0.717) is 0 Å². The first-order valence-corrected chi connectivity index (χ1v) is 17.5. The second-order valence-corrected chi connectivity index (χ2v) is 12.9. The minimum absolute atomic E-state index is 0.137. The van der Waals surface area contributed by atoms with E-state index in [4.69, 9.17) is 59.6 Å². The maximum absolute atomic E-state index is 12.6. The molecule has 1 aromatic carbocycles. The highest BCUT2D eigenvalue weighted by atomic mass is 32.1. The van der Waals surface area contributed by atoms with Crippen molar-refractivity contribution in [1.82, 2.24) is 10.7 Å². The van der Waals surface area contributed by atoms with Crippen molar-refractivity contribution in [3.63, 3.8) is 0 Å². The number of hydrogen-bond acceptors (Lipinski definition) is 19. The predicted molar refractivity (Wildman–Crippen MR) is 191 cm³/mol. The normalized spacial score (nSPS) is 27.1. The van der Waals surface area contributed by atoms with Crippen LogP contribution in [0.5, 0.6) is 0 Å². The molecule has 2 saturated heterocycles. The number of thiocarbonyl (C=S) groups is 1. The summed E-state index contributed by atoms with van der Waals surface area (Å²) in [5.41, 5.74) is 4.40. The number of hydrazone groups is 1. The molecular formula is C35H45N3O17S. The van der Waals surface area contributed by atoms with Crippen LogP contribution in [0, 0.1) is 6.92 Å². The summed E-state index contributed by atoms with van der Waals surface area (Å²) in [6.45, 7) is 8.24. The fourth-order valence-electron chi connectivity index (χ4n) is 5.61. The van der Waals surface area contributed by atoms with Crippen molar-refractivity contribution >= 4 is 65.3 Å². The van der Waals surface area contributed by atoms with Gasteiger partial charge < -0.3 is 52.7 Å². The molecule has 2 aliphatic heterocycles. The number of benzene rings is 1. The van der Waals surface area contributed by atoms with Gasteiger partial charge in [-0.2, -0.15) is 5.10 Å². The molecule has 1 aromatic rings. The van der Waals surface area contributed by atoms with Crippen LogP contribution >= 0.6 is 12.2 Å². The van der Waals surface area contributed by atoms with Crippen LogP contribution in [0.25, 0.3) is 0 Å². The zero-order chi connectivity index (χ0) is 41.7. The third kappa shape index (κ3) is 14.1. The standard InChI is InChI=1S/C35H45N3O17S/c1-16-9-11-24(12-10-16)13-36-38-35(56)37-33-31(51-22(7)44)29(49-20(5)42)28(25(53-33)14-46-17(2)39)55-34-32(52-23(8)45)30(50-21(6)43)27(48-19(4)41)26(54-34)15-47-18(3)40/h9-13,25-34H,14-15H2,1-8H3,(H2,37,38,56)/b36-13+/t25-,26-,27+,28-,29+,30+,31-,32-,33-,34+/m1/s1. The highest BCUT2D eigenvalue weighted by molar-refractivity contribution is 7.80. The van der Waals surface area contributed by atoms with Crippen molar-refractivity contribution in [2.24, 2.45) is 5.10 Å². The van der Waals surface area contributed by atoms with Gasteiger partial charge >= 0.3 is 41.8 Å². The van der Waals surface area contributed by atoms with E-state index in [9.17, 15) is 33.6 Å². The van der Waals surface area contributed by atoms with Crippen LogP contribution in [-0.2, 0) is 80.9 Å². The van der Waals surface area contributed by atoms with E-state index in [1.807, 2.05) is 31.2 Å². The molecule has 10 atom stereocenters. The number of nitrogens with zero attached hydrogens (tertiary/aromatic N) is 1. The topological polar surface area (TPSA) is 248 Å². The van der Waals surface area contributed by atoms with Gasteiger partial charge in [0, 0.05) is 48.5 Å². The second-order valence-electron chi connectivity index (χ2n) is 12.5. The van der Waals surface area contributed by atoms with Crippen LogP contribution in [0.4, 0.5) is 0 Å². The van der Waals surface area contributed by atoms with Gasteiger partial charge in [0.1, 0.15) is 31.5 Å². The zero-order valence-electron chi connectivity index (χ0n) is 31.9. The second kappa shape index (κ2) is 21.2. The fraction of sp³-hybridized carbons (Fsp3) is 0.571. The summed E-state index contributed by atoms with van der Waals surface area (Å²) in [6, 6.07) is 7.42. The molecule has 2 aliphatic rings. The molecule has 0 bridgehead atoms. The predicted octanol–water partition coefficient (Wildman–Crippen LogP) is 0.413. The third-order valence-electron chi connectivity index (χ3n) is 7.66. The van der Waals surface area contributed by atoms with Crippen LogP contribution in [0.1, 0.15) is 59.6 Å². The van der Waals surface area contributed by atoms with Gasteiger partial charge in [0.15, 0.2) is 48.2 Å². The zero-order valence-corrected chi connectivity index (χ0v) is 32.7. The highest BCUT2D eigenvalue weighted by Gasteiger charge is 2.57. The molecule has 308 valence electrons.